The minimum absolute atomic E-state index is 0.0609. The number of hydrogen-bond acceptors (Lipinski definition) is 2. The first-order valence-electron chi connectivity index (χ1n) is 6.52. The molecule has 0 aliphatic rings. The molecule has 0 saturated heterocycles. The van der Waals surface area contributed by atoms with E-state index < -0.39 is 0 Å². The van der Waals surface area contributed by atoms with Gasteiger partial charge in [-0.25, -0.2) is 0 Å². The second kappa shape index (κ2) is 7.04. The Kier molecular flexibility index (Phi) is 5.69. The van der Waals surface area contributed by atoms with Gasteiger partial charge < -0.3 is 10.1 Å². The lowest BCUT2D eigenvalue weighted by atomic mass is 10.1. The number of benzene rings is 1. The third-order valence-corrected chi connectivity index (χ3v) is 2.98. The molecule has 0 heterocycles. The molecule has 0 fully saturated rings. The van der Waals surface area contributed by atoms with Crippen LogP contribution in [-0.2, 0) is 4.79 Å². The predicted molar refractivity (Wildman–Crippen MR) is 73.9 cm³/mol. The molecule has 0 saturated carbocycles. The van der Waals surface area contributed by atoms with Crippen molar-refractivity contribution in [2.75, 3.05) is 6.61 Å². The Balaban J connectivity index is 2.40. The molecule has 1 rings (SSSR count). The highest BCUT2D eigenvalue weighted by atomic mass is 16.5. The van der Waals surface area contributed by atoms with Gasteiger partial charge in [-0.05, 0) is 50.5 Å². The fourth-order valence-electron chi connectivity index (χ4n) is 1.77. The van der Waals surface area contributed by atoms with Crippen LogP contribution in [0.2, 0.25) is 0 Å². The first-order valence-corrected chi connectivity index (χ1v) is 6.52. The highest BCUT2D eigenvalue weighted by Gasteiger charge is 2.07. The van der Waals surface area contributed by atoms with Gasteiger partial charge in [0.1, 0.15) is 5.75 Å². The van der Waals surface area contributed by atoms with Crippen LogP contribution in [0.3, 0.4) is 0 Å². The van der Waals surface area contributed by atoms with E-state index in [1.54, 1.807) is 0 Å². The molecule has 0 spiro atoms. The standard InChI is InChI=1S/C15H23NO2/c1-5-6-13(4)16-15(17)10-18-14-8-7-11(2)12(3)9-14/h7-9,13H,5-6,10H2,1-4H3,(H,16,17)/t13-/m0/s1. The zero-order valence-corrected chi connectivity index (χ0v) is 11.7. The summed E-state index contributed by atoms with van der Waals surface area (Å²) in [5.74, 6) is 0.686. The van der Waals surface area contributed by atoms with Crippen LogP contribution in [0.1, 0.15) is 37.8 Å². The number of amides is 1. The summed E-state index contributed by atoms with van der Waals surface area (Å²) in [7, 11) is 0. The first kappa shape index (κ1) is 14.6. The summed E-state index contributed by atoms with van der Waals surface area (Å²) < 4.78 is 5.47. The first-order chi connectivity index (χ1) is 8.52. The Labute approximate surface area is 110 Å². The van der Waals surface area contributed by atoms with Gasteiger partial charge in [-0.1, -0.05) is 19.4 Å². The number of carbonyl (C=O) groups is 1. The Morgan fingerprint density at radius 3 is 2.67 bits per heavy atom. The quantitative estimate of drug-likeness (QED) is 0.841. The molecule has 1 N–H and O–H groups in total. The summed E-state index contributed by atoms with van der Waals surface area (Å²) >= 11 is 0. The fourth-order valence-corrected chi connectivity index (χ4v) is 1.77. The minimum Gasteiger partial charge on any atom is -0.484 e. The average Bonchev–Trinajstić information content (AvgIpc) is 2.31. The van der Waals surface area contributed by atoms with Crippen molar-refractivity contribution < 1.29 is 9.53 Å². The van der Waals surface area contributed by atoms with Crippen LogP contribution in [0.25, 0.3) is 0 Å². The minimum atomic E-state index is -0.0609. The van der Waals surface area contributed by atoms with Crippen LogP contribution in [0.5, 0.6) is 5.75 Å². The van der Waals surface area contributed by atoms with Crippen molar-refractivity contribution in [1.29, 1.82) is 0 Å². The van der Waals surface area contributed by atoms with Gasteiger partial charge in [0.05, 0.1) is 0 Å². The van der Waals surface area contributed by atoms with Crippen molar-refractivity contribution in [3.05, 3.63) is 29.3 Å². The molecule has 0 aliphatic heterocycles. The van der Waals surface area contributed by atoms with Crippen LogP contribution in [-0.4, -0.2) is 18.6 Å². The van der Waals surface area contributed by atoms with Crippen molar-refractivity contribution in [1.82, 2.24) is 5.32 Å². The molecule has 0 radical (unpaired) electrons. The molecular formula is C15H23NO2. The van der Waals surface area contributed by atoms with Crippen molar-refractivity contribution in [2.45, 2.75) is 46.6 Å². The third kappa shape index (κ3) is 4.78. The van der Waals surface area contributed by atoms with E-state index in [-0.39, 0.29) is 18.6 Å². The topological polar surface area (TPSA) is 38.3 Å². The van der Waals surface area contributed by atoms with Crippen LogP contribution < -0.4 is 10.1 Å². The third-order valence-electron chi connectivity index (χ3n) is 2.98. The van der Waals surface area contributed by atoms with Crippen LogP contribution >= 0.6 is 0 Å². The zero-order valence-electron chi connectivity index (χ0n) is 11.7. The van der Waals surface area contributed by atoms with Gasteiger partial charge in [0.25, 0.3) is 5.91 Å². The second-order valence-corrected chi connectivity index (χ2v) is 4.79. The molecule has 0 bridgehead atoms. The summed E-state index contributed by atoms with van der Waals surface area (Å²) in [5.41, 5.74) is 2.40. The van der Waals surface area contributed by atoms with Crippen LogP contribution in [0.4, 0.5) is 0 Å². The second-order valence-electron chi connectivity index (χ2n) is 4.79. The van der Waals surface area contributed by atoms with Crippen LogP contribution in [0.15, 0.2) is 18.2 Å². The summed E-state index contributed by atoms with van der Waals surface area (Å²) in [5, 5.41) is 2.91. The smallest absolute Gasteiger partial charge is 0.258 e. The van der Waals surface area contributed by atoms with Gasteiger partial charge >= 0.3 is 0 Å². The molecule has 100 valence electrons. The largest absolute Gasteiger partial charge is 0.484 e. The fraction of sp³-hybridized carbons (Fsp3) is 0.533. The van der Waals surface area contributed by atoms with E-state index in [2.05, 4.69) is 19.2 Å². The van der Waals surface area contributed by atoms with E-state index in [4.69, 9.17) is 4.74 Å². The van der Waals surface area contributed by atoms with Crippen LogP contribution in [0, 0.1) is 13.8 Å². The van der Waals surface area contributed by atoms with Gasteiger partial charge in [-0.2, -0.15) is 0 Å². The lowest BCUT2D eigenvalue weighted by Gasteiger charge is -2.13. The van der Waals surface area contributed by atoms with Gasteiger partial charge in [0, 0.05) is 6.04 Å². The zero-order chi connectivity index (χ0) is 13.5. The highest BCUT2D eigenvalue weighted by molar-refractivity contribution is 5.77. The number of nitrogens with one attached hydrogen (secondary N) is 1. The number of aryl methyl sites for hydroxylation is 2. The molecule has 3 heteroatoms. The molecule has 1 atom stereocenters. The van der Waals surface area contributed by atoms with Gasteiger partial charge in [0.2, 0.25) is 0 Å². The van der Waals surface area contributed by atoms with E-state index >= 15 is 0 Å². The molecule has 1 aromatic carbocycles. The number of hydrogen-bond donors (Lipinski definition) is 1. The monoisotopic (exact) mass is 249 g/mol. The van der Waals surface area contributed by atoms with Gasteiger partial charge in [0.15, 0.2) is 6.61 Å². The maximum Gasteiger partial charge on any atom is 0.258 e. The van der Waals surface area contributed by atoms with Gasteiger partial charge in [-0.3, -0.25) is 4.79 Å². The van der Waals surface area contributed by atoms with Crippen molar-refractivity contribution in [3.8, 4) is 5.75 Å². The van der Waals surface area contributed by atoms with E-state index in [0.29, 0.717) is 0 Å². The lowest BCUT2D eigenvalue weighted by Crippen LogP contribution is -2.35. The van der Waals surface area contributed by atoms with E-state index in [9.17, 15) is 4.79 Å². The highest BCUT2D eigenvalue weighted by Crippen LogP contribution is 2.16. The maximum absolute atomic E-state index is 11.6. The molecule has 1 amide bonds. The number of carbonyl (C=O) groups excluding carboxylic acids is 1. The molecule has 0 aromatic heterocycles. The molecule has 3 nitrogen and oxygen atoms in total. The lowest BCUT2D eigenvalue weighted by molar-refractivity contribution is -0.123. The summed E-state index contributed by atoms with van der Waals surface area (Å²) in [4.78, 5) is 11.6. The van der Waals surface area contributed by atoms with Crippen molar-refractivity contribution in [3.63, 3.8) is 0 Å². The molecule has 0 aliphatic carbocycles. The van der Waals surface area contributed by atoms with E-state index in [1.165, 1.54) is 11.1 Å². The summed E-state index contributed by atoms with van der Waals surface area (Å²) in [6.07, 6.45) is 2.06. The van der Waals surface area contributed by atoms with Gasteiger partial charge in [-0.15, -0.1) is 0 Å². The SMILES string of the molecule is CCC[C@H](C)NC(=O)COc1ccc(C)c(C)c1. The van der Waals surface area contributed by atoms with E-state index in [1.807, 2.05) is 32.0 Å². The maximum atomic E-state index is 11.6. The Morgan fingerprint density at radius 2 is 2.06 bits per heavy atom. The van der Waals surface area contributed by atoms with E-state index in [0.717, 1.165) is 18.6 Å². The number of rotatable bonds is 6. The molecule has 1 aromatic rings. The Bertz CT molecular complexity index is 401. The van der Waals surface area contributed by atoms with Crippen molar-refractivity contribution in [2.24, 2.45) is 0 Å². The Hall–Kier alpha value is -1.51. The van der Waals surface area contributed by atoms with Crippen molar-refractivity contribution >= 4 is 5.91 Å². The Morgan fingerprint density at radius 1 is 1.33 bits per heavy atom. The average molecular weight is 249 g/mol. The molecular weight excluding hydrogens is 226 g/mol. The summed E-state index contributed by atoms with van der Waals surface area (Å²) in [6.45, 7) is 8.28. The normalized spacial score (nSPS) is 12.0. The number of ether oxygens (including phenoxy) is 1. The molecule has 0 unspecified atom stereocenters. The molecule has 18 heavy (non-hydrogen) atoms. The summed E-state index contributed by atoms with van der Waals surface area (Å²) in [6, 6.07) is 6.07. The predicted octanol–water partition coefficient (Wildman–Crippen LogP) is 2.99.